The van der Waals surface area contributed by atoms with Crippen molar-refractivity contribution >= 4 is 46.9 Å². The number of unbranched alkanes of at least 4 members (excludes halogenated alkanes) is 1. The lowest BCUT2D eigenvalue weighted by molar-refractivity contribution is -0.143. The lowest BCUT2D eigenvalue weighted by Crippen LogP contribution is -2.49. The number of nitrogens with one attached hydrogen (secondary N) is 4. The average molecular weight is 624 g/mol. The van der Waals surface area contributed by atoms with Crippen LogP contribution in [0.5, 0.6) is 0 Å². The topological polar surface area (TPSA) is 237 Å². The van der Waals surface area contributed by atoms with E-state index >= 15 is 0 Å². The highest BCUT2D eigenvalue weighted by Crippen LogP contribution is 2.24. The van der Waals surface area contributed by atoms with Gasteiger partial charge in [-0.05, 0) is 24.1 Å². The van der Waals surface area contributed by atoms with Gasteiger partial charge in [-0.1, -0.05) is 54.9 Å². The number of carbonyl (C=O) groups excluding carboxylic acids is 5. The van der Waals surface area contributed by atoms with Gasteiger partial charge in [0.15, 0.2) is 11.8 Å². The van der Waals surface area contributed by atoms with Crippen molar-refractivity contribution in [2.24, 2.45) is 16.6 Å². The normalized spacial score (nSPS) is 16.8. The quantitative estimate of drug-likeness (QED) is 0.0649. The molecule has 2 aromatic carbocycles. The summed E-state index contributed by atoms with van der Waals surface area (Å²) < 4.78 is 9.64. The number of methoxy groups -OCH3 is 1. The number of alkyl carbamates (subject to hydrolysis) is 1. The van der Waals surface area contributed by atoms with Gasteiger partial charge in [0, 0.05) is 29.8 Å². The van der Waals surface area contributed by atoms with Crippen molar-refractivity contribution in [2.75, 3.05) is 25.6 Å². The third-order valence-electron chi connectivity index (χ3n) is 6.73. The lowest BCUT2D eigenvalue weighted by atomic mass is 10.0. The summed E-state index contributed by atoms with van der Waals surface area (Å²) in [6.45, 7) is 2.04. The van der Waals surface area contributed by atoms with E-state index in [0.717, 1.165) is 12.0 Å². The molecule has 45 heavy (non-hydrogen) atoms. The van der Waals surface area contributed by atoms with E-state index in [4.69, 9.17) is 26.5 Å². The van der Waals surface area contributed by atoms with Crippen LogP contribution in [0.25, 0.3) is 0 Å². The minimum absolute atomic E-state index is 0.0212. The zero-order valence-electron chi connectivity index (χ0n) is 25.0. The Kier molecular flexibility index (Phi) is 12.4. The molecule has 0 spiro atoms. The molecular formula is C30H37N7O8. The number of carbonyl (C=O) groups is 5. The number of hydrogen-bond donors (Lipinski definition) is 6. The molecular weight excluding hydrogens is 586 g/mol. The Balaban J connectivity index is 0.000000350. The summed E-state index contributed by atoms with van der Waals surface area (Å²) >= 11 is 0. The van der Waals surface area contributed by atoms with Gasteiger partial charge in [0.2, 0.25) is 11.8 Å². The molecule has 2 heterocycles. The number of fused-ring (bicyclic) bond motifs is 1. The third kappa shape index (κ3) is 9.77. The second kappa shape index (κ2) is 16.4. The van der Waals surface area contributed by atoms with Crippen LogP contribution in [-0.4, -0.2) is 79.7 Å². The zero-order chi connectivity index (χ0) is 32.9. The molecule has 3 amide bonds. The van der Waals surface area contributed by atoms with Gasteiger partial charge in [-0.25, -0.2) is 9.59 Å². The fourth-order valence-corrected chi connectivity index (χ4v) is 4.27. The van der Waals surface area contributed by atoms with E-state index in [0.29, 0.717) is 35.4 Å². The molecule has 8 N–H and O–H groups in total. The Hall–Kier alpha value is -5.47. The number of amidine groups is 1. The first-order chi connectivity index (χ1) is 21.5. The molecule has 2 aliphatic rings. The van der Waals surface area contributed by atoms with Gasteiger partial charge in [0.1, 0.15) is 18.0 Å². The molecule has 0 saturated carbocycles. The van der Waals surface area contributed by atoms with E-state index in [9.17, 15) is 24.0 Å². The molecule has 4 rings (SSSR count). The first-order valence-electron chi connectivity index (χ1n) is 14.2. The molecule has 3 unspecified atom stereocenters. The van der Waals surface area contributed by atoms with Crippen molar-refractivity contribution in [3.8, 4) is 0 Å². The minimum atomic E-state index is -1.07. The first kappa shape index (κ1) is 34.0. The second-order valence-corrected chi connectivity index (χ2v) is 10.1. The Morgan fingerprint density at radius 2 is 1.84 bits per heavy atom. The van der Waals surface area contributed by atoms with Crippen molar-refractivity contribution in [1.82, 2.24) is 10.6 Å². The number of nitrogen functional groups attached to an aromatic ring is 1. The minimum Gasteiger partial charge on any atom is -0.467 e. The molecule has 0 bridgehead atoms. The van der Waals surface area contributed by atoms with Crippen molar-refractivity contribution in [2.45, 2.75) is 50.8 Å². The summed E-state index contributed by atoms with van der Waals surface area (Å²) in [5.74, 6) is -1.98. The van der Waals surface area contributed by atoms with Crippen LogP contribution in [0.4, 0.5) is 10.5 Å². The highest BCUT2D eigenvalue weighted by Gasteiger charge is 2.33. The summed E-state index contributed by atoms with van der Waals surface area (Å²) in [7, 11) is 1.19. The zero-order valence-corrected chi connectivity index (χ0v) is 25.0. The van der Waals surface area contributed by atoms with Crippen LogP contribution in [0, 0.1) is 5.41 Å². The number of ether oxygens (including phenoxy) is 2. The molecule has 2 aromatic rings. The van der Waals surface area contributed by atoms with E-state index in [1.807, 2.05) is 6.92 Å². The largest absolute Gasteiger partial charge is 0.467 e. The van der Waals surface area contributed by atoms with Crippen LogP contribution < -0.4 is 27.4 Å². The van der Waals surface area contributed by atoms with Gasteiger partial charge in [-0.2, -0.15) is 0 Å². The average Bonchev–Trinajstić information content (AvgIpc) is 3.63. The number of nitrogens with zero attached hydrogens (tertiary/aromatic N) is 1. The maximum absolute atomic E-state index is 12.3. The van der Waals surface area contributed by atoms with E-state index in [1.165, 1.54) is 7.11 Å². The Bertz CT molecular complexity index is 1440. The molecule has 240 valence electrons. The predicted molar refractivity (Wildman–Crippen MR) is 164 cm³/mol. The summed E-state index contributed by atoms with van der Waals surface area (Å²) in [6, 6.07) is 12.0. The van der Waals surface area contributed by atoms with Crippen molar-refractivity contribution < 1.29 is 38.3 Å². The van der Waals surface area contributed by atoms with E-state index in [2.05, 4.69) is 25.8 Å². The summed E-state index contributed by atoms with van der Waals surface area (Å²) in [5, 5.41) is 19.2. The molecule has 2 aliphatic heterocycles. The Morgan fingerprint density at radius 3 is 2.47 bits per heavy atom. The number of primary amides is 1. The van der Waals surface area contributed by atoms with Crippen molar-refractivity contribution in [1.29, 1.82) is 5.41 Å². The van der Waals surface area contributed by atoms with Crippen LogP contribution in [0.2, 0.25) is 0 Å². The number of Topliss-reactive ketones (excluding diaryl/α,β-unsaturated/α-hetero) is 1. The molecule has 0 fully saturated rings. The molecule has 0 aromatic heterocycles. The SMILES string of the molecule is CCCCOC(=O)NC(CNC(=O)CC1CC(c2ccc(C(=N)N)cc2)=NO1)C(=O)OC.NC(=O)C1Nc2ccccc2C1=O. The molecule has 0 aliphatic carbocycles. The number of nitrogens with two attached hydrogens (primary N) is 2. The molecule has 0 radical (unpaired) electrons. The maximum Gasteiger partial charge on any atom is 0.407 e. The fourth-order valence-electron chi connectivity index (χ4n) is 4.27. The van der Waals surface area contributed by atoms with Crippen LogP contribution in [0.3, 0.4) is 0 Å². The molecule has 3 atom stereocenters. The number of esters is 1. The highest BCUT2D eigenvalue weighted by molar-refractivity contribution is 6.21. The smallest absolute Gasteiger partial charge is 0.407 e. The van der Waals surface area contributed by atoms with Crippen molar-refractivity contribution in [3.05, 3.63) is 65.2 Å². The van der Waals surface area contributed by atoms with Gasteiger partial charge < -0.3 is 41.7 Å². The van der Waals surface area contributed by atoms with Gasteiger partial charge in [0.05, 0.1) is 25.8 Å². The molecule has 15 heteroatoms. The van der Waals surface area contributed by atoms with E-state index < -0.39 is 36.2 Å². The number of amides is 3. The van der Waals surface area contributed by atoms with Crippen LogP contribution >= 0.6 is 0 Å². The highest BCUT2D eigenvalue weighted by atomic mass is 16.6. The number of ketones is 1. The lowest BCUT2D eigenvalue weighted by Gasteiger charge is -2.17. The molecule has 0 saturated heterocycles. The predicted octanol–water partition coefficient (Wildman–Crippen LogP) is 1.19. The monoisotopic (exact) mass is 623 g/mol. The number of rotatable bonds is 12. The van der Waals surface area contributed by atoms with Crippen LogP contribution in [-0.2, 0) is 28.7 Å². The molecule has 15 nitrogen and oxygen atoms in total. The summed E-state index contributed by atoms with van der Waals surface area (Å²) in [4.78, 5) is 63.6. The van der Waals surface area contributed by atoms with Crippen molar-refractivity contribution in [3.63, 3.8) is 0 Å². The van der Waals surface area contributed by atoms with Crippen LogP contribution in [0.1, 0.15) is 54.1 Å². The van der Waals surface area contributed by atoms with Gasteiger partial charge in [-0.15, -0.1) is 0 Å². The van der Waals surface area contributed by atoms with E-state index in [-0.39, 0.29) is 37.1 Å². The summed E-state index contributed by atoms with van der Waals surface area (Å²) in [6.07, 6.45) is 0.807. The van der Waals surface area contributed by atoms with E-state index in [1.54, 1.807) is 48.5 Å². The third-order valence-corrected chi connectivity index (χ3v) is 6.73. The number of hydrogen-bond acceptors (Lipinski definition) is 11. The number of anilines is 1. The van der Waals surface area contributed by atoms with Crippen LogP contribution in [0.15, 0.2) is 53.7 Å². The first-order valence-corrected chi connectivity index (χ1v) is 14.2. The Morgan fingerprint density at radius 1 is 1.13 bits per heavy atom. The Labute approximate surface area is 259 Å². The van der Waals surface area contributed by atoms with Gasteiger partial charge in [0.25, 0.3) is 0 Å². The maximum atomic E-state index is 12.3. The summed E-state index contributed by atoms with van der Waals surface area (Å²) in [5.41, 5.74) is 13.8. The standard InChI is InChI=1S/C21H29N5O6.C9H8N2O2/c1-3-4-9-31-21(29)25-17(20(28)30-2)12-24-18(27)11-15-10-16(26-32-15)13-5-7-14(8-6-13)19(22)23;10-9(13)7-8(12)5-3-1-2-4-6(5)11-7/h5-8,15,17H,3-4,9-12H2,1-2H3,(H3,22,23)(H,24,27)(H,25,29);1-4,7,11H,(H2,10,13). The fraction of sp³-hybridized carbons (Fsp3) is 0.367. The second-order valence-electron chi connectivity index (χ2n) is 10.1. The van der Waals surface area contributed by atoms with Gasteiger partial charge in [-0.3, -0.25) is 19.8 Å². The number of oxime groups is 1. The number of benzene rings is 2. The van der Waals surface area contributed by atoms with Gasteiger partial charge >= 0.3 is 12.1 Å². The number of para-hydroxylation sites is 1.